The second-order valence-electron chi connectivity index (χ2n) is 7.58. The standard InChI is InChI=1S/C29H22N2O3/c1-20-12-11-19-24(30-20)31-26(29(34)23-17-9-4-10-18-23)25(27(32)21-13-5-2-6-14-21)28(33)22-15-7-3-8-16-22/h2-19,32H,1H3/b27-25+,31-26-. The van der Waals surface area contributed by atoms with E-state index in [0.29, 0.717) is 22.4 Å². The van der Waals surface area contributed by atoms with E-state index in [-0.39, 0.29) is 22.9 Å². The number of carbonyl (C=O) groups is 2. The highest BCUT2D eigenvalue weighted by Crippen LogP contribution is 2.25. The first-order valence-corrected chi connectivity index (χ1v) is 10.8. The van der Waals surface area contributed by atoms with Crippen molar-refractivity contribution in [3.63, 3.8) is 0 Å². The van der Waals surface area contributed by atoms with Gasteiger partial charge in [-0.25, -0.2) is 9.98 Å². The number of allylic oxidation sites excluding steroid dienone is 1. The topological polar surface area (TPSA) is 79.6 Å². The number of aromatic nitrogens is 1. The number of rotatable bonds is 7. The molecule has 1 aromatic heterocycles. The molecule has 0 aliphatic rings. The van der Waals surface area contributed by atoms with Crippen molar-refractivity contribution < 1.29 is 14.7 Å². The molecule has 5 nitrogen and oxygen atoms in total. The number of ketones is 2. The fourth-order valence-corrected chi connectivity index (χ4v) is 3.45. The number of aliphatic imine (C=N–C) groups is 1. The Balaban J connectivity index is 2.00. The third-order valence-electron chi connectivity index (χ3n) is 5.13. The quantitative estimate of drug-likeness (QED) is 0.159. The molecule has 0 bridgehead atoms. The number of hydrogen-bond acceptors (Lipinski definition) is 5. The van der Waals surface area contributed by atoms with Crippen molar-refractivity contribution >= 4 is 28.9 Å². The van der Waals surface area contributed by atoms with E-state index in [0.717, 1.165) is 0 Å². The summed E-state index contributed by atoms with van der Waals surface area (Å²) in [4.78, 5) is 36.3. The summed E-state index contributed by atoms with van der Waals surface area (Å²) >= 11 is 0. The zero-order chi connectivity index (χ0) is 23.9. The Bertz CT molecular complexity index is 1380. The van der Waals surface area contributed by atoms with Crippen LogP contribution in [0.1, 0.15) is 32.0 Å². The lowest BCUT2D eigenvalue weighted by molar-refractivity contribution is 0.102. The van der Waals surface area contributed by atoms with Gasteiger partial charge in [-0.05, 0) is 19.1 Å². The Morgan fingerprint density at radius 3 is 1.68 bits per heavy atom. The first kappa shape index (κ1) is 22.6. The highest BCUT2D eigenvalue weighted by Gasteiger charge is 2.29. The van der Waals surface area contributed by atoms with Crippen molar-refractivity contribution in [2.24, 2.45) is 4.99 Å². The van der Waals surface area contributed by atoms with Gasteiger partial charge in [-0.1, -0.05) is 97.1 Å². The lowest BCUT2D eigenvalue weighted by Gasteiger charge is -2.13. The SMILES string of the molecule is Cc1cccc(/N=C(C(=O)c2ccccc2)/C(C(=O)c2ccccc2)=C(\O)c2ccccc2)n1. The summed E-state index contributed by atoms with van der Waals surface area (Å²) in [6.07, 6.45) is 0. The molecule has 1 N–H and O–H groups in total. The van der Waals surface area contributed by atoms with Crippen molar-refractivity contribution in [2.75, 3.05) is 0 Å². The van der Waals surface area contributed by atoms with E-state index in [2.05, 4.69) is 9.98 Å². The highest BCUT2D eigenvalue weighted by atomic mass is 16.3. The van der Waals surface area contributed by atoms with Crippen LogP contribution in [0, 0.1) is 6.92 Å². The lowest BCUT2D eigenvalue weighted by atomic mass is 9.91. The van der Waals surface area contributed by atoms with Crippen molar-refractivity contribution in [3.05, 3.63) is 137 Å². The molecule has 0 radical (unpaired) electrons. The summed E-state index contributed by atoms with van der Waals surface area (Å²) in [5.41, 5.74) is 1.40. The van der Waals surface area contributed by atoms with Gasteiger partial charge in [-0.3, -0.25) is 9.59 Å². The van der Waals surface area contributed by atoms with Gasteiger partial charge in [0.1, 0.15) is 11.5 Å². The Labute approximate surface area is 197 Å². The molecule has 5 heteroatoms. The number of benzene rings is 3. The molecule has 166 valence electrons. The summed E-state index contributed by atoms with van der Waals surface area (Å²) in [7, 11) is 0. The highest BCUT2D eigenvalue weighted by molar-refractivity contribution is 6.58. The molecule has 1 heterocycles. The summed E-state index contributed by atoms with van der Waals surface area (Å²) in [5.74, 6) is -1.08. The maximum Gasteiger partial charge on any atom is 0.212 e. The molecule has 4 aromatic rings. The molecule has 34 heavy (non-hydrogen) atoms. The number of carbonyl (C=O) groups excluding carboxylic acids is 2. The van der Waals surface area contributed by atoms with Gasteiger partial charge in [0.05, 0.1) is 5.57 Å². The molecule has 4 rings (SSSR count). The Hall–Kier alpha value is -4.64. The van der Waals surface area contributed by atoms with E-state index < -0.39 is 11.6 Å². The lowest BCUT2D eigenvalue weighted by Crippen LogP contribution is -2.24. The summed E-state index contributed by atoms with van der Waals surface area (Å²) in [6.45, 7) is 1.81. The molecule has 0 amide bonds. The van der Waals surface area contributed by atoms with Gasteiger partial charge in [0.25, 0.3) is 0 Å². The number of Topliss-reactive ketones (excluding diaryl/α,β-unsaturated/α-hetero) is 2. The summed E-state index contributed by atoms with van der Waals surface area (Å²) in [5, 5.41) is 11.3. The van der Waals surface area contributed by atoms with Crippen LogP contribution in [0.4, 0.5) is 5.82 Å². The molecule has 0 unspecified atom stereocenters. The van der Waals surface area contributed by atoms with Gasteiger partial charge >= 0.3 is 0 Å². The van der Waals surface area contributed by atoms with E-state index >= 15 is 0 Å². The van der Waals surface area contributed by atoms with Gasteiger partial charge in [0.2, 0.25) is 5.78 Å². The third-order valence-corrected chi connectivity index (χ3v) is 5.13. The maximum absolute atomic E-state index is 13.7. The predicted octanol–water partition coefficient (Wildman–Crippen LogP) is 6.20. The molecule has 0 saturated carbocycles. The zero-order valence-electron chi connectivity index (χ0n) is 18.6. The smallest absolute Gasteiger partial charge is 0.212 e. The number of hydrogen-bond donors (Lipinski definition) is 1. The first-order valence-electron chi connectivity index (χ1n) is 10.8. The van der Waals surface area contributed by atoms with E-state index in [4.69, 9.17) is 0 Å². The van der Waals surface area contributed by atoms with Crippen LogP contribution in [-0.4, -0.2) is 27.4 Å². The normalized spacial score (nSPS) is 12.1. The van der Waals surface area contributed by atoms with E-state index in [1.807, 2.05) is 13.0 Å². The van der Waals surface area contributed by atoms with E-state index in [1.54, 1.807) is 103 Å². The molecule has 0 aliphatic carbocycles. The van der Waals surface area contributed by atoms with Crippen LogP contribution in [-0.2, 0) is 0 Å². The minimum Gasteiger partial charge on any atom is -0.506 e. The van der Waals surface area contributed by atoms with Crippen LogP contribution in [0.2, 0.25) is 0 Å². The fraction of sp³-hybridized carbons (Fsp3) is 0.0345. The molecule has 0 saturated heterocycles. The van der Waals surface area contributed by atoms with Gasteiger partial charge in [-0.2, -0.15) is 0 Å². The van der Waals surface area contributed by atoms with E-state index in [1.165, 1.54) is 0 Å². The van der Waals surface area contributed by atoms with Gasteiger partial charge < -0.3 is 5.11 Å². The number of pyridine rings is 1. The van der Waals surface area contributed by atoms with Gasteiger partial charge in [-0.15, -0.1) is 0 Å². The Kier molecular flexibility index (Phi) is 6.84. The van der Waals surface area contributed by atoms with Crippen molar-refractivity contribution in [1.29, 1.82) is 0 Å². The monoisotopic (exact) mass is 446 g/mol. The number of aliphatic hydroxyl groups is 1. The van der Waals surface area contributed by atoms with Crippen LogP contribution in [0.3, 0.4) is 0 Å². The summed E-state index contributed by atoms with van der Waals surface area (Å²) in [6, 6.07) is 30.9. The number of aliphatic hydroxyl groups excluding tert-OH is 1. The molecular weight excluding hydrogens is 424 g/mol. The Morgan fingerprint density at radius 2 is 1.15 bits per heavy atom. The second-order valence-corrected chi connectivity index (χ2v) is 7.58. The molecule has 0 atom stereocenters. The largest absolute Gasteiger partial charge is 0.506 e. The van der Waals surface area contributed by atoms with Crippen molar-refractivity contribution in [2.45, 2.75) is 6.92 Å². The molecule has 0 aliphatic heterocycles. The minimum atomic E-state index is -0.516. The molecule has 0 spiro atoms. The average Bonchev–Trinajstić information content (AvgIpc) is 2.89. The van der Waals surface area contributed by atoms with Crippen LogP contribution in [0.25, 0.3) is 5.76 Å². The number of aryl methyl sites for hydroxylation is 1. The minimum absolute atomic E-state index is 0.181. The van der Waals surface area contributed by atoms with E-state index in [9.17, 15) is 14.7 Å². The molecule has 0 fully saturated rings. The average molecular weight is 447 g/mol. The number of nitrogens with zero attached hydrogens (tertiary/aromatic N) is 2. The third kappa shape index (κ3) is 5.05. The molecular formula is C29H22N2O3. The van der Waals surface area contributed by atoms with Crippen LogP contribution < -0.4 is 0 Å². The van der Waals surface area contributed by atoms with Crippen molar-refractivity contribution in [1.82, 2.24) is 4.98 Å². The van der Waals surface area contributed by atoms with Crippen LogP contribution in [0.5, 0.6) is 0 Å². The van der Waals surface area contributed by atoms with Crippen molar-refractivity contribution in [3.8, 4) is 0 Å². The van der Waals surface area contributed by atoms with Gasteiger partial charge in [0.15, 0.2) is 11.6 Å². The zero-order valence-corrected chi connectivity index (χ0v) is 18.6. The second kappa shape index (κ2) is 10.3. The summed E-state index contributed by atoms with van der Waals surface area (Å²) < 4.78 is 0. The maximum atomic E-state index is 13.7. The Morgan fingerprint density at radius 1 is 0.647 bits per heavy atom. The first-order chi connectivity index (χ1) is 16.5. The van der Waals surface area contributed by atoms with Crippen LogP contribution in [0.15, 0.2) is 120 Å². The van der Waals surface area contributed by atoms with Crippen LogP contribution >= 0.6 is 0 Å². The molecule has 3 aromatic carbocycles. The van der Waals surface area contributed by atoms with Gasteiger partial charge in [0, 0.05) is 22.4 Å². The predicted molar refractivity (Wildman–Crippen MR) is 134 cm³/mol. The fourth-order valence-electron chi connectivity index (χ4n) is 3.45.